The van der Waals surface area contributed by atoms with E-state index in [1.54, 1.807) is 0 Å². The third kappa shape index (κ3) is 14.5. The van der Waals surface area contributed by atoms with Crippen LogP contribution in [0.1, 0.15) is 78.1 Å². The van der Waals surface area contributed by atoms with Crippen LogP contribution in [0.3, 0.4) is 0 Å². The van der Waals surface area contributed by atoms with Crippen LogP contribution in [0.2, 0.25) is 0 Å². The summed E-state index contributed by atoms with van der Waals surface area (Å²) in [4.78, 5) is 10.9. The summed E-state index contributed by atoms with van der Waals surface area (Å²) < 4.78 is 47.7. The number of hydrogen-bond donors (Lipinski definition) is 1. The van der Waals surface area contributed by atoms with Gasteiger partial charge >= 0.3 is 0 Å². The minimum atomic E-state index is -3.59. The summed E-state index contributed by atoms with van der Waals surface area (Å²) in [7, 11) is -6.97. The molecule has 0 aliphatic heterocycles. The van der Waals surface area contributed by atoms with Crippen LogP contribution in [0.4, 0.5) is 0 Å². The molecule has 0 aromatic carbocycles. The van der Waals surface area contributed by atoms with Gasteiger partial charge in [0.2, 0.25) is 5.91 Å². The van der Waals surface area contributed by atoms with Gasteiger partial charge in [0.05, 0.1) is 23.0 Å². The minimum absolute atomic E-state index is 0.0321. The van der Waals surface area contributed by atoms with Crippen molar-refractivity contribution in [2.45, 2.75) is 78.1 Å². The number of primary amides is 1. The molecule has 1 amide bonds. The Morgan fingerprint density at radius 1 is 0.731 bits per heavy atom. The van der Waals surface area contributed by atoms with E-state index in [9.17, 15) is 21.6 Å². The first-order chi connectivity index (χ1) is 12.1. The lowest BCUT2D eigenvalue weighted by Gasteiger charge is -2.09. The molecule has 6 nitrogen and oxygen atoms in total. The summed E-state index contributed by atoms with van der Waals surface area (Å²) in [6.45, 7) is 3.63. The van der Waals surface area contributed by atoms with Gasteiger partial charge in [-0.05, 0) is 6.42 Å². The second kappa shape index (κ2) is 13.5. The molecule has 0 rings (SSSR count). The number of carbonyl (C=O) groups is 1. The van der Waals surface area contributed by atoms with E-state index >= 15 is 0 Å². The Balaban J connectivity index is 3.87. The van der Waals surface area contributed by atoms with Gasteiger partial charge in [-0.3, -0.25) is 4.79 Å². The highest BCUT2D eigenvalue weighted by Gasteiger charge is 2.22. The van der Waals surface area contributed by atoms with E-state index in [4.69, 9.17) is 5.73 Å². The third-order valence-corrected chi connectivity index (χ3v) is 8.33. The molecule has 0 aromatic heterocycles. The smallest absolute Gasteiger partial charge is 0.221 e. The zero-order valence-corrected chi connectivity index (χ0v) is 18.0. The van der Waals surface area contributed by atoms with Gasteiger partial charge in [-0.1, -0.05) is 71.6 Å². The summed E-state index contributed by atoms with van der Waals surface area (Å²) in [6.07, 6.45) is 11.2. The first kappa shape index (κ1) is 25.4. The summed E-state index contributed by atoms with van der Waals surface area (Å²) in [5.41, 5.74) is 5.05. The van der Waals surface area contributed by atoms with Gasteiger partial charge in [0.15, 0.2) is 19.7 Å². The molecule has 0 saturated carbocycles. The molecule has 26 heavy (non-hydrogen) atoms. The standard InChI is InChI=1S/C18H37NO5S2/c1-3-4-5-6-7-8-9-10-11-12-13-25(21,22)14-15-26(23,24)16-17(2)18(19)20/h17H,3-16H2,1-2H3,(H2,19,20)/t17-/m0/s1. The molecule has 0 aliphatic rings. The Kier molecular flexibility index (Phi) is 13.2. The van der Waals surface area contributed by atoms with Crippen molar-refractivity contribution in [3.05, 3.63) is 0 Å². The van der Waals surface area contributed by atoms with Crippen molar-refractivity contribution < 1.29 is 21.6 Å². The first-order valence-electron chi connectivity index (χ1n) is 9.80. The molecule has 2 N–H and O–H groups in total. The van der Waals surface area contributed by atoms with Crippen molar-refractivity contribution in [3.8, 4) is 0 Å². The number of rotatable bonds is 17. The van der Waals surface area contributed by atoms with Crippen molar-refractivity contribution in [1.82, 2.24) is 0 Å². The van der Waals surface area contributed by atoms with Crippen molar-refractivity contribution in [2.75, 3.05) is 23.0 Å². The van der Waals surface area contributed by atoms with Crippen LogP contribution in [0.5, 0.6) is 0 Å². The van der Waals surface area contributed by atoms with Crippen LogP contribution in [-0.2, 0) is 24.5 Å². The molecule has 0 aliphatic carbocycles. The van der Waals surface area contributed by atoms with Crippen LogP contribution < -0.4 is 5.73 Å². The van der Waals surface area contributed by atoms with Gasteiger partial charge in [0, 0.05) is 5.92 Å². The minimum Gasteiger partial charge on any atom is -0.369 e. The van der Waals surface area contributed by atoms with E-state index in [1.807, 2.05) is 0 Å². The summed E-state index contributed by atoms with van der Waals surface area (Å²) in [5.74, 6) is -2.67. The highest BCUT2D eigenvalue weighted by Crippen LogP contribution is 2.11. The Hall–Kier alpha value is -0.630. The molecular formula is C18H37NO5S2. The molecule has 0 aromatic rings. The molecule has 0 heterocycles. The van der Waals surface area contributed by atoms with Crippen molar-refractivity contribution >= 4 is 25.6 Å². The molecule has 0 unspecified atom stereocenters. The lowest BCUT2D eigenvalue weighted by Crippen LogP contribution is -2.30. The zero-order chi connectivity index (χ0) is 20.1. The van der Waals surface area contributed by atoms with E-state index in [2.05, 4.69) is 6.92 Å². The van der Waals surface area contributed by atoms with Crippen molar-refractivity contribution in [1.29, 1.82) is 0 Å². The van der Waals surface area contributed by atoms with Gasteiger partial charge in [-0.2, -0.15) is 0 Å². The van der Waals surface area contributed by atoms with Crippen LogP contribution in [0, 0.1) is 5.92 Å². The predicted octanol–water partition coefficient (Wildman–Crippen LogP) is 2.86. The van der Waals surface area contributed by atoms with Crippen molar-refractivity contribution in [3.63, 3.8) is 0 Å². The first-order valence-corrected chi connectivity index (χ1v) is 13.4. The molecule has 0 fully saturated rings. The van der Waals surface area contributed by atoms with Crippen molar-refractivity contribution in [2.24, 2.45) is 11.7 Å². The Bertz CT molecular complexity index is 585. The number of hydrogen-bond acceptors (Lipinski definition) is 5. The summed E-state index contributed by atoms with van der Waals surface area (Å²) >= 11 is 0. The van der Waals surface area contributed by atoms with E-state index in [1.165, 1.54) is 45.4 Å². The highest BCUT2D eigenvalue weighted by molar-refractivity contribution is 7.95. The van der Waals surface area contributed by atoms with E-state index in [0.29, 0.717) is 6.42 Å². The van der Waals surface area contributed by atoms with Gasteiger partial charge in [-0.25, -0.2) is 16.8 Å². The fourth-order valence-corrected chi connectivity index (χ4v) is 6.68. The molecule has 0 bridgehead atoms. The monoisotopic (exact) mass is 411 g/mol. The number of carbonyl (C=O) groups excluding carboxylic acids is 1. The van der Waals surface area contributed by atoms with E-state index < -0.39 is 43.0 Å². The van der Waals surface area contributed by atoms with Crippen LogP contribution in [-0.4, -0.2) is 45.8 Å². The number of nitrogens with two attached hydrogens (primary N) is 1. The Morgan fingerprint density at radius 2 is 1.15 bits per heavy atom. The average Bonchev–Trinajstić information content (AvgIpc) is 2.54. The van der Waals surface area contributed by atoms with Gasteiger partial charge in [0.1, 0.15) is 0 Å². The molecule has 0 spiro atoms. The van der Waals surface area contributed by atoms with E-state index in [-0.39, 0.29) is 11.5 Å². The maximum Gasteiger partial charge on any atom is 0.221 e. The quantitative estimate of drug-likeness (QED) is 0.370. The molecule has 0 radical (unpaired) electrons. The van der Waals surface area contributed by atoms with Gasteiger partial charge in [0.25, 0.3) is 0 Å². The lowest BCUT2D eigenvalue weighted by atomic mass is 10.1. The SMILES string of the molecule is CCCCCCCCCCCCS(=O)(=O)CCS(=O)(=O)C[C@H](C)C(N)=O. The zero-order valence-electron chi connectivity index (χ0n) is 16.4. The number of amides is 1. The fraction of sp³-hybridized carbons (Fsp3) is 0.944. The number of sulfone groups is 2. The lowest BCUT2D eigenvalue weighted by molar-refractivity contribution is -0.120. The maximum atomic E-state index is 12.0. The Morgan fingerprint density at radius 3 is 1.62 bits per heavy atom. The summed E-state index contributed by atoms with van der Waals surface area (Å²) in [6, 6.07) is 0. The van der Waals surface area contributed by atoms with Crippen LogP contribution in [0.15, 0.2) is 0 Å². The van der Waals surface area contributed by atoms with Gasteiger partial charge < -0.3 is 5.73 Å². The van der Waals surface area contributed by atoms with Crippen LogP contribution >= 0.6 is 0 Å². The normalized spacial score (nSPS) is 13.6. The fourth-order valence-electron chi connectivity index (χ4n) is 2.71. The highest BCUT2D eigenvalue weighted by atomic mass is 32.2. The molecule has 0 saturated heterocycles. The molecule has 1 atom stereocenters. The van der Waals surface area contributed by atoms with Crippen LogP contribution in [0.25, 0.3) is 0 Å². The molecule has 8 heteroatoms. The second-order valence-corrected chi connectivity index (χ2v) is 11.8. The van der Waals surface area contributed by atoms with E-state index in [0.717, 1.165) is 19.3 Å². The largest absolute Gasteiger partial charge is 0.369 e. The summed E-state index contributed by atoms with van der Waals surface area (Å²) in [5, 5.41) is 0. The predicted molar refractivity (Wildman–Crippen MR) is 108 cm³/mol. The third-order valence-electron chi connectivity index (χ3n) is 4.50. The Labute approximate surface area is 160 Å². The number of unbranched alkanes of at least 4 members (excludes halogenated alkanes) is 9. The topological polar surface area (TPSA) is 111 Å². The second-order valence-electron chi connectivity index (χ2n) is 7.25. The maximum absolute atomic E-state index is 12.0. The molecular weight excluding hydrogens is 374 g/mol. The average molecular weight is 412 g/mol. The van der Waals surface area contributed by atoms with Gasteiger partial charge in [-0.15, -0.1) is 0 Å². The molecule has 156 valence electrons.